The summed E-state index contributed by atoms with van der Waals surface area (Å²) in [5, 5.41) is 6.16. The number of hydrogen-bond donors (Lipinski definition) is 2. The Morgan fingerprint density at radius 3 is 2.14 bits per heavy atom. The van der Waals surface area contributed by atoms with E-state index in [9.17, 15) is 9.59 Å². The zero-order valence-electron chi connectivity index (χ0n) is 16.5. The predicted octanol–water partition coefficient (Wildman–Crippen LogP) is 6.67. The topological polar surface area (TPSA) is 58.2 Å². The monoisotopic (exact) mass is 400 g/mol. The van der Waals surface area contributed by atoms with Gasteiger partial charge in [0.05, 0.1) is 10.7 Å². The van der Waals surface area contributed by atoms with E-state index in [0.717, 1.165) is 12.8 Å². The van der Waals surface area contributed by atoms with Gasteiger partial charge in [-0.2, -0.15) is 0 Å². The number of rotatable bonds is 11. The number of hydrogen-bond acceptors (Lipinski definition) is 2. The summed E-state index contributed by atoms with van der Waals surface area (Å²) in [7, 11) is 0. The van der Waals surface area contributed by atoms with E-state index in [-0.39, 0.29) is 11.8 Å². The van der Waals surface area contributed by atoms with Crippen LogP contribution < -0.4 is 10.6 Å². The SMILES string of the molecule is CCCCCCCCCC(=O)Nc1ccc(C(=O)Nc2ccccc2Cl)cc1. The number of para-hydroxylation sites is 1. The van der Waals surface area contributed by atoms with Crippen LogP contribution in [0.2, 0.25) is 5.02 Å². The second-order valence-corrected chi connectivity index (χ2v) is 7.34. The second kappa shape index (κ2) is 12.2. The average Bonchev–Trinajstić information content (AvgIpc) is 2.69. The number of unbranched alkanes of at least 4 members (excludes halogenated alkanes) is 6. The standard InChI is InChI=1S/C23H29ClN2O2/c1-2-3-4-5-6-7-8-13-22(27)25-19-16-14-18(15-17-19)23(28)26-21-12-10-9-11-20(21)24/h9-12,14-17H,2-8,13H2,1H3,(H,25,27)(H,26,28). The van der Waals surface area contributed by atoms with Gasteiger partial charge in [-0.25, -0.2) is 0 Å². The molecule has 150 valence electrons. The summed E-state index contributed by atoms with van der Waals surface area (Å²) in [5.74, 6) is -0.226. The molecule has 0 unspecified atom stereocenters. The molecule has 0 aliphatic heterocycles. The predicted molar refractivity (Wildman–Crippen MR) is 117 cm³/mol. The molecule has 0 bridgehead atoms. The summed E-state index contributed by atoms with van der Waals surface area (Å²) in [6, 6.07) is 14.0. The summed E-state index contributed by atoms with van der Waals surface area (Å²) in [5.41, 5.74) is 1.77. The Bertz CT molecular complexity index is 759. The van der Waals surface area contributed by atoms with Gasteiger partial charge in [0.2, 0.25) is 5.91 Å². The first-order valence-electron chi connectivity index (χ1n) is 10.1. The Balaban J connectivity index is 1.73. The van der Waals surface area contributed by atoms with Crippen LogP contribution in [0.3, 0.4) is 0 Å². The summed E-state index contributed by atoms with van der Waals surface area (Å²) in [6.07, 6.45) is 8.83. The van der Waals surface area contributed by atoms with Gasteiger partial charge in [0.15, 0.2) is 0 Å². The summed E-state index contributed by atoms with van der Waals surface area (Å²) < 4.78 is 0. The molecule has 0 radical (unpaired) electrons. The summed E-state index contributed by atoms with van der Waals surface area (Å²) >= 11 is 6.06. The van der Waals surface area contributed by atoms with Gasteiger partial charge in [-0.15, -0.1) is 0 Å². The van der Waals surface area contributed by atoms with Crippen LogP contribution in [0.1, 0.15) is 68.6 Å². The Morgan fingerprint density at radius 2 is 1.46 bits per heavy atom. The number of amides is 2. The maximum absolute atomic E-state index is 12.3. The molecule has 0 saturated carbocycles. The number of halogens is 1. The van der Waals surface area contributed by atoms with E-state index in [1.807, 2.05) is 12.1 Å². The van der Waals surface area contributed by atoms with Gasteiger partial charge >= 0.3 is 0 Å². The van der Waals surface area contributed by atoms with Crippen LogP contribution in [0, 0.1) is 0 Å². The van der Waals surface area contributed by atoms with Crippen LogP contribution in [0.5, 0.6) is 0 Å². The molecule has 4 nitrogen and oxygen atoms in total. The largest absolute Gasteiger partial charge is 0.326 e. The minimum atomic E-state index is -0.242. The quantitative estimate of drug-likeness (QED) is 0.413. The third kappa shape index (κ3) is 7.73. The van der Waals surface area contributed by atoms with Gasteiger partial charge in [-0.1, -0.05) is 69.2 Å². The highest BCUT2D eigenvalue weighted by Gasteiger charge is 2.09. The molecular weight excluding hydrogens is 372 g/mol. The Hall–Kier alpha value is -2.33. The molecule has 0 spiro atoms. The first kappa shape index (κ1) is 22.0. The smallest absolute Gasteiger partial charge is 0.255 e. The number of benzene rings is 2. The lowest BCUT2D eigenvalue weighted by Gasteiger charge is -2.09. The van der Waals surface area contributed by atoms with E-state index in [1.165, 1.54) is 32.1 Å². The van der Waals surface area contributed by atoms with Gasteiger partial charge in [0.1, 0.15) is 0 Å². The molecule has 2 aromatic carbocycles. The van der Waals surface area contributed by atoms with Gasteiger partial charge in [0, 0.05) is 17.7 Å². The number of anilines is 2. The fourth-order valence-electron chi connectivity index (χ4n) is 2.93. The van der Waals surface area contributed by atoms with E-state index in [1.54, 1.807) is 36.4 Å². The zero-order valence-corrected chi connectivity index (χ0v) is 17.2. The van der Waals surface area contributed by atoms with Crippen molar-refractivity contribution in [2.24, 2.45) is 0 Å². The lowest BCUT2D eigenvalue weighted by molar-refractivity contribution is -0.116. The highest BCUT2D eigenvalue weighted by molar-refractivity contribution is 6.33. The molecule has 0 aromatic heterocycles. The average molecular weight is 401 g/mol. The first-order chi connectivity index (χ1) is 13.6. The molecule has 5 heteroatoms. The van der Waals surface area contributed by atoms with Crippen LogP contribution in [-0.4, -0.2) is 11.8 Å². The van der Waals surface area contributed by atoms with Gasteiger partial charge in [-0.05, 0) is 42.8 Å². The minimum Gasteiger partial charge on any atom is -0.326 e. The van der Waals surface area contributed by atoms with Crippen molar-refractivity contribution in [2.75, 3.05) is 10.6 Å². The fraction of sp³-hybridized carbons (Fsp3) is 0.391. The lowest BCUT2D eigenvalue weighted by atomic mass is 10.1. The molecule has 0 heterocycles. The Kier molecular flexibility index (Phi) is 9.56. The molecule has 0 aliphatic rings. The Morgan fingerprint density at radius 1 is 0.821 bits per heavy atom. The molecule has 2 aromatic rings. The maximum Gasteiger partial charge on any atom is 0.255 e. The molecule has 2 amide bonds. The van der Waals surface area contributed by atoms with Crippen LogP contribution in [0.15, 0.2) is 48.5 Å². The van der Waals surface area contributed by atoms with Crippen molar-refractivity contribution in [3.05, 3.63) is 59.1 Å². The van der Waals surface area contributed by atoms with E-state index in [2.05, 4.69) is 17.6 Å². The van der Waals surface area contributed by atoms with Crippen molar-refractivity contribution in [3.8, 4) is 0 Å². The van der Waals surface area contributed by atoms with Crippen LogP contribution >= 0.6 is 11.6 Å². The second-order valence-electron chi connectivity index (χ2n) is 6.93. The third-order valence-corrected chi connectivity index (χ3v) is 4.89. The van der Waals surface area contributed by atoms with Gasteiger partial charge < -0.3 is 10.6 Å². The zero-order chi connectivity index (χ0) is 20.2. The van der Waals surface area contributed by atoms with E-state index in [0.29, 0.717) is 28.4 Å². The number of nitrogens with one attached hydrogen (secondary N) is 2. The van der Waals surface area contributed by atoms with Crippen molar-refractivity contribution in [1.82, 2.24) is 0 Å². The molecule has 28 heavy (non-hydrogen) atoms. The molecule has 0 fully saturated rings. The van der Waals surface area contributed by atoms with Crippen molar-refractivity contribution in [2.45, 2.75) is 58.3 Å². The first-order valence-corrected chi connectivity index (χ1v) is 10.4. The molecule has 0 atom stereocenters. The van der Waals surface area contributed by atoms with Crippen molar-refractivity contribution in [1.29, 1.82) is 0 Å². The number of carbonyl (C=O) groups is 2. The van der Waals surface area contributed by atoms with Gasteiger partial charge in [0.25, 0.3) is 5.91 Å². The minimum absolute atomic E-state index is 0.0156. The van der Waals surface area contributed by atoms with E-state index >= 15 is 0 Å². The molecular formula is C23H29ClN2O2. The highest BCUT2D eigenvalue weighted by Crippen LogP contribution is 2.21. The van der Waals surface area contributed by atoms with Crippen molar-refractivity contribution in [3.63, 3.8) is 0 Å². The fourth-order valence-corrected chi connectivity index (χ4v) is 3.11. The van der Waals surface area contributed by atoms with E-state index < -0.39 is 0 Å². The van der Waals surface area contributed by atoms with Crippen LogP contribution in [0.25, 0.3) is 0 Å². The maximum atomic E-state index is 12.3. The van der Waals surface area contributed by atoms with Gasteiger partial charge in [-0.3, -0.25) is 9.59 Å². The Labute approximate surface area is 172 Å². The lowest BCUT2D eigenvalue weighted by Crippen LogP contribution is -2.13. The van der Waals surface area contributed by atoms with Crippen LogP contribution in [-0.2, 0) is 4.79 Å². The molecule has 0 saturated heterocycles. The summed E-state index contributed by atoms with van der Waals surface area (Å²) in [4.78, 5) is 24.4. The third-order valence-electron chi connectivity index (χ3n) is 4.56. The van der Waals surface area contributed by atoms with E-state index in [4.69, 9.17) is 11.6 Å². The number of carbonyl (C=O) groups excluding carboxylic acids is 2. The molecule has 2 N–H and O–H groups in total. The molecule has 0 aliphatic carbocycles. The van der Waals surface area contributed by atoms with Crippen LogP contribution in [0.4, 0.5) is 11.4 Å². The van der Waals surface area contributed by atoms with Crippen molar-refractivity contribution < 1.29 is 9.59 Å². The highest BCUT2D eigenvalue weighted by atomic mass is 35.5. The summed E-state index contributed by atoms with van der Waals surface area (Å²) in [6.45, 7) is 2.21. The molecule has 2 rings (SSSR count). The normalized spacial score (nSPS) is 10.5. The van der Waals surface area contributed by atoms with Crippen molar-refractivity contribution >= 4 is 34.8 Å².